The van der Waals surface area contributed by atoms with Crippen molar-refractivity contribution in [2.75, 3.05) is 23.4 Å². The molecular weight excluding hydrogens is 376 g/mol. The van der Waals surface area contributed by atoms with Gasteiger partial charge in [-0.3, -0.25) is 8.98 Å². The predicted molar refractivity (Wildman–Crippen MR) is 110 cm³/mol. The first-order valence-electron chi connectivity index (χ1n) is 9.28. The number of aryl methyl sites for hydroxylation is 2. The highest BCUT2D eigenvalue weighted by molar-refractivity contribution is 7.86. The van der Waals surface area contributed by atoms with Crippen LogP contribution in [0.15, 0.2) is 47.4 Å². The summed E-state index contributed by atoms with van der Waals surface area (Å²) in [6.45, 7) is 7.84. The molecular formula is C21H26N2O4S. The Hall–Kier alpha value is -2.38. The van der Waals surface area contributed by atoms with Gasteiger partial charge in [0.2, 0.25) is 0 Å². The first-order valence-corrected chi connectivity index (χ1v) is 10.7. The van der Waals surface area contributed by atoms with Gasteiger partial charge >= 0.3 is 0 Å². The molecule has 0 saturated heterocycles. The maximum atomic E-state index is 12.8. The molecule has 150 valence electrons. The third kappa shape index (κ3) is 4.05. The minimum atomic E-state index is -3.82. The first kappa shape index (κ1) is 20.4. The van der Waals surface area contributed by atoms with Crippen LogP contribution in [-0.4, -0.2) is 33.0 Å². The van der Waals surface area contributed by atoms with Gasteiger partial charge in [-0.2, -0.15) is 8.42 Å². The SMILES string of the molecule is Cc1ccc(S(=O)(=O)OCCCN2C(=O)C(C)(C)Nc3ccccc32)cc1C. The average molecular weight is 403 g/mol. The number of carbonyl (C=O) groups excluding carboxylic acids is 1. The normalized spacial score (nSPS) is 15.9. The molecule has 1 heterocycles. The van der Waals surface area contributed by atoms with E-state index in [0.717, 1.165) is 22.5 Å². The van der Waals surface area contributed by atoms with Gasteiger partial charge in [-0.15, -0.1) is 0 Å². The lowest BCUT2D eigenvalue weighted by Gasteiger charge is -2.40. The zero-order chi connectivity index (χ0) is 20.5. The van der Waals surface area contributed by atoms with Gasteiger partial charge in [-0.1, -0.05) is 18.2 Å². The topological polar surface area (TPSA) is 75.7 Å². The van der Waals surface area contributed by atoms with Crippen molar-refractivity contribution < 1.29 is 17.4 Å². The summed E-state index contributed by atoms with van der Waals surface area (Å²) in [7, 11) is -3.82. The largest absolute Gasteiger partial charge is 0.370 e. The molecule has 0 saturated carbocycles. The standard InChI is InChI=1S/C21H26N2O4S/c1-15-10-11-17(14-16(15)2)28(25,26)27-13-7-12-23-19-9-6-5-8-18(19)22-21(3,4)20(23)24/h5-6,8-11,14,22H,7,12-13H2,1-4H3. The van der Waals surface area contributed by atoms with Crippen LogP contribution in [0.25, 0.3) is 0 Å². The predicted octanol–water partition coefficient (Wildman–Crippen LogP) is 3.64. The van der Waals surface area contributed by atoms with Gasteiger partial charge in [0.15, 0.2) is 0 Å². The van der Waals surface area contributed by atoms with E-state index >= 15 is 0 Å². The fourth-order valence-corrected chi connectivity index (χ4v) is 4.23. The van der Waals surface area contributed by atoms with Crippen molar-refractivity contribution in [2.45, 2.75) is 44.6 Å². The third-order valence-electron chi connectivity index (χ3n) is 4.95. The molecule has 0 fully saturated rings. The van der Waals surface area contributed by atoms with E-state index in [1.54, 1.807) is 23.1 Å². The highest BCUT2D eigenvalue weighted by Crippen LogP contribution is 2.35. The second-order valence-corrected chi connectivity index (χ2v) is 9.22. The molecule has 6 nitrogen and oxygen atoms in total. The van der Waals surface area contributed by atoms with Crippen LogP contribution in [0, 0.1) is 13.8 Å². The monoisotopic (exact) mass is 402 g/mol. The van der Waals surface area contributed by atoms with Crippen molar-refractivity contribution >= 4 is 27.4 Å². The Kier molecular flexibility index (Phi) is 5.50. The molecule has 0 atom stereocenters. The van der Waals surface area contributed by atoms with Gasteiger partial charge in [0, 0.05) is 6.54 Å². The van der Waals surface area contributed by atoms with Gasteiger partial charge in [0.1, 0.15) is 5.54 Å². The van der Waals surface area contributed by atoms with E-state index in [1.807, 2.05) is 52.0 Å². The Balaban J connectivity index is 1.66. The van der Waals surface area contributed by atoms with Gasteiger partial charge in [0.05, 0.1) is 22.9 Å². The Bertz CT molecular complexity index is 999. The molecule has 7 heteroatoms. The first-order chi connectivity index (χ1) is 13.1. The van der Waals surface area contributed by atoms with Crippen molar-refractivity contribution in [3.8, 4) is 0 Å². The van der Waals surface area contributed by atoms with Gasteiger partial charge in [-0.05, 0) is 69.5 Å². The summed E-state index contributed by atoms with van der Waals surface area (Å²) in [5.74, 6) is -0.0526. The summed E-state index contributed by atoms with van der Waals surface area (Å²) in [6, 6.07) is 12.5. The van der Waals surface area contributed by atoms with E-state index < -0.39 is 15.7 Å². The van der Waals surface area contributed by atoms with Crippen LogP contribution in [0.5, 0.6) is 0 Å². The number of hydrogen-bond acceptors (Lipinski definition) is 5. The summed E-state index contributed by atoms with van der Waals surface area (Å²) >= 11 is 0. The average Bonchev–Trinajstić information content (AvgIpc) is 2.63. The maximum Gasteiger partial charge on any atom is 0.296 e. The van der Waals surface area contributed by atoms with Gasteiger partial charge in [0.25, 0.3) is 16.0 Å². The van der Waals surface area contributed by atoms with Crippen LogP contribution < -0.4 is 10.2 Å². The zero-order valence-electron chi connectivity index (χ0n) is 16.7. The second-order valence-electron chi connectivity index (χ2n) is 7.60. The van der Waals surface area contributed by atoms with Crippen molar-refractivity contribution in [3.05, 3.63) is 53.6 Å². The highest BCUT2D eigenvalue weighted by Gasteiger charge is 2.38. The molecule has 3 rings (SSSR count). The number of carbonyl (C=O) groups is 1. The molecule has 1 aliphatic heterocycles. The zero-order valence-corrected chi connectivity index (χ0v) is 17.5. The fraction of sp³-hybridized carbons (Fsp3) is 0.381. The Morgan fingerprint density at radius 2 is 1.79 bits per heavy atom. The number of nitrogens with zero attached hydrogens (tertiary/aromatic N) is 1. The molecule has 0 spiro atoms. The van der Waals surface area contributed by atoms with Crippen LogP contribution in [-0.2, 0) is 19.1 Å². The number of amides is 1. The van der Waals surface area contributed by atoms with E-state index in [4.69, 9.17) is 4.18 Å². The van der Waals surface area contributed by atoms with Crippen LogP contribution >= 0.6 is 0 Å². The lowest BCUT2D eigenvalue weighted by Crippen LogP contribution is -2.54. The van der Waals surface area contributed by atoms with E-state index in [2.05, 4.69) is 5.32 Å². The van der Waals surface area contributed by atoms with E-state index in [1.165, 1.54) is 0 Å². The molecule has 1 aliphatic rings. The molecule has 2 aromatic carbocycles. The van der Waals surface area contributed by atoms with Crippen molar-refractivity contribution in [1.82, 2.24) is 0 Å². The number of rotatable bonds is 6. The number of anilines is 2. The lowest BCUT2D eigenvalue weighted by molar-refractivity contribution is -0.122. The molecule has 28 heavy (non-hydrogen) atoms. The Morgan fingerprint density at radius 3 is 2.50 bits per heavy atom. The van der Waals surface area contributed by atoms with E-state index in [0.29, 0.717) is 13.0 Å². The van der Waals surface area contributed by atoms with Gasteiger partial charge in [-0.25, -0.2) is 0 Å². The molecule has 0 bridgehead atoms. The van der Waals surface area contributed by atoms with E-state index in [9.17, 15) is 13.2 Å². The molecule has 1 N–H and O–H groups in total. The molecule has 0 radical (unpaired) electrons. The Labute approximate surface area is 166 Å². The smallest absolute Gasteiger partial charge is 0.296 e. The maximum absolute atomic E-state index is 12.8. The minimum Gasteiger partial charge on any atom is -0.370 e. The number of para-hydroxylation sites is 2. The number of nitrogens with one attached hydrogen (secondary N) is 1. The molecule has 1 amide bonds. The van der Waals surface area contributed by atoms with Crippen molar-refractivity contribution in [3.63, 3.8) is 0 Å². The quantitative estimate of drug-likeness (QED) is 0.590. The molecule has 0 aromatic heterocycles. The second kappa shape index (κ2) is 7.56. The number of hydrogen-bond donors (Lipinski definition) is 1. The summed E-state index contributed by atoms with van der Waals surface area (Å²) in [5, 5.41) is 3.24. The lowest BCUT2D eigenvalue weighted by atomic mass is 9.98. The van der Waals surface area contributed by atoms with Crippen LogP contribution in [0.2, 0.25) is 0 Å². The molecule has 2 aromatic rings. The van der Waals surface area contributed by atoms with Crippen LogP contribution in [0.4, 0.5) is 11.4 Å². The van der Waals surface area contributed by atoms with Crippen LogP contribution in [0.3, 0.4) is 0 Å². The fourth-order valence-electron chi connectivity index (χ4n) is 3.20. The summed E-state index contributed by atoms with van der Waals surface area (Å²) in [5.41, 5.74) is 2.88. The van der Waals surface area contributed by atoms with Crippen LogP contribution in [0.1, 0.15) is 31.4 Å². The highest BCUT2D eigenvalue weighted by atomic mass is 32.2. The third-order valence-corrected chi connectivity index (χ3v) is 6.26. The number of benzene rings is 2. The molecule has 0 aliphatic carbocycles. The summed E-state index contributed by atoms with van der Waals surface area (Å²) in [4.78, 5) is 14.6. The van der Waals surface area contributed by atoms with E-state index in [-0.39, 0.29) is 17.4 Å². The minimum absolute atomic E-state index is 0.00899. The molecule has 0 unspecified atom stereocenters. The summed E-state index contributed by atoms with van der Waals surface area (Å²) in [6.07, 6.45) is 0.403. The Morgan fingerprint density at radius 1 is 1.07 bits per heavy atom. The number of fused-ring (bicyclic) bond motifs is 1. The van der Waals surface area contributed by atoms with Crippen molar-refractivity contribution in [2.24, 2.45) is 0 Å². The summed E-state index contributed by atoms with van der Waals surface area (Å²) < 4.78 is 30.0. The van der Waals surface area contributed by atoms with Gasteiger partial charge < -0.3 is 10.2 Å². The van der Waals surface area contributed by atoms with Crippen molar-refractivity contribution in [1.29, 1.82) is 0 Å².